The predicted octanol–water partition coefficient (Wildman–Crippen LogP) is 2.68. The Kier molecular flexibility index (Phi) is 5.46. The number of hydrogen-bond acceptors (Lipinski definition) is 7. The van der Waals surface area contributed by atoms with E-state index in [2.05, 4.69) is 0 Å². The SMILES string of the molecule is Nc1ccccc1.O=[N+]([O-])c1cc([N+](=O)[O-])cc([N+](=O)[O-])c1. The zero-order chi connectivity index (χ0) is 16.7. The molecular formula is C12H10N4O6. The highest BCUT2D eigenvalue weighted by atomic mass is 16.6. The summed E-state index contributed by atoms with van der Waals surface area (Å²) in [4.78, 5) is 28.1. The lowest BCUT2D eigenvalue weighted by molar-refractivity contribution is -0.403. The fraction of sp³-hybridized carbons (Fsp3) is 0. The number of rotatable bonds is 3. The highest BCUT2D eigenvalue weighted by Crippen LogP contribution is 2.26. The zero-order valence-electron chi connectivity index (χ0n) is 11.0. The van der Waals surface area contributed by atoms with Crippen molar-refractivity contribution in [3.63, 3.8) is 0 Å². The van der Waals surface area contributed by atoms with E-state index in [0.29, 0.717) is 18.2 Å². The molecule has 2 aromatic carbocycles. The molecular weight excluding hydrogens is 296 g/mol. The van der Waals surface area contributed by atoms with Crippen LogP contribution in [0.25, 0.3) is 0 Å². The number of para-hydroxylation sites is 1. The first-order valence-corrected chi connectivity index (χ1v) is 5.70. The molecule has 0 aromatic heterocycles. The maximum absolute atomic E-state index is 10.3. The molecule has 0 heterocycles. The van der Waals surface area contributed by atoms with Crippen LogP contribution in [-0.2, 0) is 0 Å². The molecule has 2 aromatic rings. The van der Waals surface area contributed by atoms with Crippen LogP contribution < -0.4 is 5.73 Å². The molecule has 0 amide bonds. The second-order valence-corrected chi connectivity index (χ2v) is 3.89. The van der Waals surface area contributed by atoms with Crippen molar-refractivity contribution in [2.24, 2.45) is 0 Å². The standard InChI is InChI=1S/C6H3N3O6.C6H7N/c10-7(11)4-1-5(8(12)13)3-6(2-4)9(14)15;7-6-4-2-1-3-5-6/h1-3H;1-5H,7H2. The first-order chi connectivity index (χ1) is 10.3. The van der Waals surface area contributed by atoms with E-state index < -0.39 is 31.8 Å². The Labute approximate surface area is 123 Å². The van der Waals surface area contributed by atoms with Crippen LogP contribution in [0.2, 0.25) is 0 Å². The second-order valence-electron chi connectivity index (χ2n) is 3.89. The molecule has 0 aliphatic rings. The molecule has 0 spiro atoms. The average Bonchev–Trinajstić information content (AvgIpc) is 2.48. The van der Waals surface area contributed by atoms with Gasteiger partial charge >= 0.3 is 0 Å². The summed E-state index contributed by atoms with van der Waals surface area (Å²) >= 11 is 0. The van der Waals surface area contributed by atoms with Crippen molar-refractivity contribution in [1.82, 2.24) is 0 Å². The normalized spacial score (nSPS) is 9.27. The molecule has 114 valence electrons. The molecule has 0 bridgehead atoms. The van der Waals surface area contributed by atoms with Gasteiger partial charge in [0.25, 0.3) is 17.1 Å². The summed E-state index contributed by atoms with van der Waals surface area (Å²) in [6.07, 6.45) is 0. The Morgan fingerprint density at radius 2 is 1.00 bits per heavy atom. The lowest BCUT2D eigenvalue weighted by Gasteiger charge is -1.93. The van der Waals surface area contributed by atoms with Crippen LogP contribution in [0.3, 0.4) is 0 Å². The summed E-state index contributed by atoms with van der Waals surface area (Å²) in [5.41, 5.74) is 4.13. The van der Waals surface area contributed by atoms with Gasteiger partial charge in [-0.25, -0.2) is 0 Å². The van der Waals surface area contributed by atoms with Crippen LogP contribution in [-0.4, -0.2) is 14.8 Å². The molecule has 0 atom stereocenters. The monoisotopic (exact) mass is 306 g/mol. The van der Waals surface area contributed by atoms with E-state index >= 15 is 0 Å². The van der Waals surface area contributed by atoms with Gasteiger partial charge in [0.1, 0.15) is 0 Å². The minimum absolute atomic E-state index is 0.660. The smallest absolute Gasteiger partial charge is 0.283 e. The Hall–Kier alpha value is -3.56. The van der Waals surface area contributed by atoms with Crippen LogP contribution in [0.15, 0.2) is 48.5 Å². The van der Waals surface area contributed by atoms with E-state index in [1.54, 1.807) is 0 Å². The van der Waals surface area contributed by atoms with E-state index in [9.17, 15) is 30.3 Å². The number of benzene rings is 2. The van der Waals surface area contributed by atoms with E-state index in [-0.39, 0.29) is 0 Å². The van der Waals surface area contributed by atoms with E-state index in [1.165, 1.54) is 0 Å². The zero-order valence-corrected chi connectivity index (χ0v) is 11.0. The van der Waals surface area contributed by atoms with Crippen LogP contribution >= 0.6 is 0 Å². The first kappa shape index (κ1) is 16.5. The van der Waals surface area contributed by atoms with Gasteiger partial charge in [0.05, 0.1) is 33.0 Å². The van der Waals surface area contributed by atoms with Crippen molar-refractivity contribution in [3.05, 3.63) is 78.9 Å². The molecule has 0 aliphatic heterocycles. The molecule has 2 rings (SSSR count). The molecule has 10 nitrogen and oxygen atoms in total. The number of anilines is 1. The fourth-order valence-electron chi connectivity index (χ4n) is 1.35. The van der Waals surface area contributed by atoms with Gasteiger partial charge in [-0.2, -0.15) is 0 Å². The number of nitrogens with zero attached hydrogens (tertiary/aromatic N) is 3. The third kappa shape index (κ3) is 4.85. The largest absolute Gasteiger partial charge is 0.399 e. The van der Waals surface area contributed by atoms with Crippen LogP contribution in [0.1, 0.15) is 0 Å². The molecule has 2 N–H and O–H groups in total. The molecule has 10 heteroatoms. The Morgan fingerprint density at radius 3 is 1.18 bits per heavy atom. The minimum Gasteiger partial charge on any atom is -0.399 e. The number of non-ortho nitro benzene ring substituents is 3. The lowest BCUT2D eigenvalue weighted by Crippen LogP contribution is -1.96. The summed E-state index contributed by atoms with van der Waals surface area (Å²) in [6.45, 7) is 0. The molecule has 0 radical (unpaired) electrons. The van der Waals surface area contributed by atoms with Gasteiger partial charge in [0, 0.05) is 5.69 Å². The van der Waals surface area contributed by atoms with Gasteiger partial charge in [0.15, 0.2) is 0 Å². The van der Waals surface area contributed by atoms with E-state index in [1.807, 2.05) is 30.3 Å². The summed E-state index contributed by atoms with van der Waals surface area (Å²) in [5.74, 6) is 0. The third-order valence-electron chi connectivity index (χ3n) is 2.32. The Morgan fingerprint density at radius 1 is 0.682 bits per heavy atom. The summed E-state index contributed by atoms with van der Waals surface area (Å²) in [6, 6.07) is 11.5. The average molecular weight is 306 g/mol. The van der Waals surface area contributed by atoms with Crippen LogP contribution in [0, 0.1) is 30.3 Å². The number of nitrogens with two attached hydrogens (primary N) is 1. The summed E-state index contributed by atoms with van der Waals surface area (Å²) in [7, 11) is 0. The molecule has 0 saturated heterocycles. The van der Waals surface area contributed by atoms with E-state index in [0.717, 1.165) is 5.69 Å². The second kappa shape index (κ2) is 7.28. The Bertz CT molecular complexity index is 625. The molecule has 0 saturated carbocycles. The molecule has 22 heavy (non-hydrogen) atoms. The summed E-state index contributed by atoms with van der Waals surface area (Å²) in [5, 5.41) is 30.9. The van der Waals surface area contributed by atoms with Gasteiger partial charge in [-0.15, -0.1) is 0 Å². The number of nitro groups is 3. The van der Waals surface area contributed by atoms with Crippen LogP contribution in [0.5, 0.6) is 0 Å². The van der Waals surface area contributed by atoms with Gasteiger partial charge in [-0.1, -0.05) is 18.2 Å². The van der Waals surface area contributed by atoms with Crippen molar-refractivity contribution in [2.75, 3.05) is 5.73 Å². The molecule has 0 unspecified atom stereocenters. The van der Waals surface area contributed by atoms with Crippen molar-refractivity contribution >= 4 is 22.7 Å². The fourth-order valence-corrected chi connectivity index (χ4v) is 1.35. The maximum Gasteiger partial charge on any atom is 0.283 e. The Balaban J connectivity index is 0.000000287. The molecule has 0 aliphatic carbocycles. The highest BCUT2D eigenvalue weighted by molar-refractivity contribution is 5.52. The maximum atomic E-state index is 10.3. The van der Waals surface area contributed by atoms with Crippen molar-refractivity contribution in [3.8, 4) is 0 Å². The summed E-state index contributed by atoms with van der Waals surface area (Å²) < 4.78 is 0. The minimum atomic E-state index is -0.931. The van der Waals surface area contributed by atoms with Gasteiger partial charge in [0.2, 0.25) is 0 Å². The quantitative estimate of drug-likeness (QED) is 0.518. The van der Waals surface area contributed by atoms with Crippen molar-refractivity contribution in [1.29, 1.82) is 0 Å². The van der Waals surface area contributed by atoms with Gasteiger partial charge in [-0.05, 0) is 12.1 Å². The molecule has 0 fully saturated rings. The van der Waals surface area contributed by atoms with Crippen molar-refractivity contribution in [2.45, 2.75) is 0 Å². The topological polar surface area (TPSA) is 155 Å². The highest BCUT2D eigenvalue weighted by Gasteiger charge is 2.21. The third-order valence-corrected chi connectivity index (χ3v) is 2.32. The number of nitrogen functional groups attached to an aromatic ring is 1. The number of nitro benzene ring substituents is 3. The van der Waals surface area contributed by atoms with Gasteiger partial charge < -0.3 is 5.73 Å². The van der Waals surface area contributed by atoms with Crippen molar-refractivity contribution < 1.29 is 14.8 Å². The van der Waals surface area contributed by atoms with Gasteiger partial charge in [-0.3, -0.25) is 30.3 Å². The van der Waals surface area contributed by atoms with Crippen LogP contribution in [0.4, 0.5) is 22.7 Å². The van der Waals surface area contributed by atoms with E-state index in [4.69, 9.17) is 5.73 Å². The number of hydrogen-bond donors (Lipinski definition) is 1. The lowest BCUT2D eigenvalue weighted by atomic mass is 10.2. The first-order valence-electron chi connectivity index (χ1n) is 5.70. The predicted molar refractivity (Wildman–Crippen MR) is 77.3 cm³/mol.